The first kappa shape index (κ1) is 21.9. The van der Waals surface area contributed by atoms with Crippen molar-refractivity contribution in [2.45, 2.75) is 64.1 Å². The second kappa shape index (κ2) is 9.36. The highest BCUT2D eigenvalue weighted by atomic mass is 35.5. The fraction of sp³-hybridized carbons (Fsp3) is 0.652. The largest absolute Gasteiger partial charge is 0.371 e. The third kappa shape index (κ3) is 4.54. The Morgan fingerprint density at radius 1 is 1.00 bits per heavy atom. The van der Waals surface area contributed by atoms with Crippen LogP contribution >= 0.6 is 12.4 Å². The van der Waals surface area contributed by atoms with E-state index in [0.29, 0.717) is 23.6 Å². The van der Waals surface area contributed by atoms with Gasteiger partial charge in [-0.2, -0.15) is 5.26 Å². The molecule has 0 unspecified atom stereocenters. The molecule has 0 bridgehead atoms. The van der Waals surface area contributed by atoms with Crippen LogP contribution in [0, 0.1) is 17.2 Å². The summed E-state index contributed by atoms with van der Waals surface area (Å²) in [5.41, 5.74) is 1.85. The van der Waals surface area contributed by atoms with Gasteiger partial charge in [-0.1, -0.05) is 6.42 Å². The molecular formula is C23H33ClN4O. The average Bonchev–Trinajstić information content (AvgIpc) is 2.68. The van der Waals surface area contributed by atoms with Crippen LogP contribution in [0.5, 0.6) is 0 Å². The van der Waals surface area contributed by atoms with Crippen LogP contribution in [0.25, 0.3) is 0 Å². The number of nitrogens with zero attached hydrogens (tertiary/aromatic N) is 4. The first-order chi connectivity index (χ1) is 13.6. The fourth-order valence-electron chi connectivity index (χ4n) is 5.31. The van der Waals surface area contributed by atoms with Crippen LogP contribution < -0.4 is 4.90 Å². The molecule has 3 aliphatic rings. The number of hydrogen-bond acceptors (Lipinski definition) is 4. The van der Waals surface area contributed by atoms with Crippen LogP contribution in [-0.4, -0.2) is 60.0 Å². The number of carbonyl (C=O) groups is 1. The molecular weight excluding hydrogens is 384 g/mol. The zero-order chi connectivity index (χ0) is 19.7. The normalized spacial score (nSPS) is 26.4. The standard InChI is InChI=1S/C23H32N4O.ClH/c1-17-15-26(16-18(2)27(17)22-4-3-5-22)23(28)20-10-12-25(13-11-20)21-8-6-19(14-24)7-9-21;/h6-9,17-18,20,22H,3-5,10-13,15-16H2,1-2H3;1H/t17-,18+;. The summed E-state index contributed by atoms with van der Waals surface area (Å²) in [5.74, 6) is 0.524. The quantitative estimate of drug-likeness (QED) is 0.754. The molecule has 0 aromatic heterocycles. The second-order valence-electron chi connectivity index (χ2n) is 8.89. The molecule has 1 saturated carbocycles. The number of amides is 1. The van der Waals surface area contributed by atoms with Crippen molar-refractivity contribution in [2.24, 2.45) is 5.92 Å². The summed E-state index contributed by atoms with van der Waals surface area (Å²) >= 11 is 0. The lowest BCUT2D eigenvalue weighted by Crippen LogP contribution is -2.63. The molecule has 158 valence electrons. The highest BCUT2D eigenvalue weighted by molar-refractivity contribution is 5.85. The van der Waals surface area contributed by atoms with Crippen LogP contribution in [-0.2, 0) is 4.79 Å². The summed E-state index contributed by atoms with van der Waals surface area (Å²) in [5, 5.41) is 8.95. The van der Waals surface area contributed by atoms with E-state index in [0.717, 1.165) is 50.7 Å². The van der Waals surface area contributed by atoms with E-state index in [1.807, 2.05) is 24.3 Å². The minimum atomic E-state index is 0. The zero-order valence-electron chi connectivity index (χ0n) is 17.6. The van der Waals surface area contributed by atoms with Crippen LogP contribution in [0.1, 0.15) is 51.5 Å². The number of hydrogen-bond donors (Lipinski definition) is 0. The van der Waals surface area contributed by atoms with Crippen molar-refractivity contribution in [1.82, 2.24) is 9.80 Å². The summed E-state index contributed by atoms with van der Waals surface area (Å²) in [6.07, 6.45) is 5.86. The molecule has 3 fully saturated rings. The molecule has 4 rings (SSSR count). The van der Waals surface area contributed by atoms with Gasteiger partial charge in [-0.25, -0.2) is 0 Å². The molecule has 6 heteroatoms. The van der Waals surface area contributed by atoms with E-state index < -0.39 is 0 Å². The molecule has 0 radical (unpaired) electrons. The number of rotatable bonds is 3. The third-order valence-electron chi connectivity index (χ3n) is 7.00. The Morgan fingerprint density at radius 3 is 2.07 bits per heavy atom. The van der Waals surface area contributed by atoms with Gasteiger partial charge >= 0.3 is 0 Å². The van der Waals surface area contributed by atoms with Gasteiger partial charge in [-0.15, -0.1) is 12.4 Å². The van der Waals surface area contributed by atoms with Gasteiger partial charge in [0.2, 0.25) is 5.91 Å². The Bertz CT molecular complexity index is 722. The van der Waals surface area contributed by atoms with Crippen molar-refractivity contribution in [3.05, 3.63) is 29.8 Å². The minimum Gasteiger partial charge on any atom is -0.371 e. The Morgan fingerprint density at radius 2 is 1.59 bits per heavy atom. The van der Waals surface area contributed by atoms with Crippen molar-refractivity contribution in [3.63, 3.8) is 0 Å². The summed E-state index contributed by atoms with van der Waals surface area (Å²) in [4.78, 5) is 20.3. The van der Waals surface area contributed by atoms with Gasteiger partial charge < -0.3 is 9.80 Å². The van der Waals surface area contributed by atoms with Gasteiger partial charge in [-0.05, 0) is 63.8 Å². The minimum absolute atomic E-state index is 0. The molecule has 2 aliphatic heterocycles. The van der Waals surface area contributed by atoms with Gasteiger partial charge in [0, 0.05) is 55.9 Å². The molecule has 29 heavy (non-hydrogen) atoms. The van der Waals surface area contributed by atoms with E-state index in [9.17, 15) is 4.79 Å². The van der Waals surface area contributed by atoms with E-state index >= 15 is 0 Å². The van der Waals surface area contributed by atoms with Gasteiger partial charge in [0.15, 0.2) is 0 Å². The molecule has 0 N–H and O–H groups in total. The van der Waals surface area contributed by atoms with E-state index in [2.05, 4.69) is 34.6 Å². The van der Waals surface area contributed by atoms with E-state index in [1.54, 1.807) is 0 Å². The van der Waals surface area contributed by atoms with Crippen molar-refractivity contribution >= 4 is 24.0 Å². The lowest BCUT2D eigenvalue weighted by molar-refractivity contribution is -0.142. The first-order valence-electron chi connectivity index (χ1n) is 10.9. The first-order valence-corrected chi connectivity index (χ1v) is 10.9. The number of halogens is 1. The SMILES string of the molecule is C[C@@H]1CN(C(=O)C2CCN(c3ccc(C#N)cc3)CC2)C[C@H](C)N1C1CCC1.Cl. The third-order valence-corrected chi connectivity index (χ3v) is 7.00. The Balaban J connectivity index is 0.00000240. The lowest BCUT2D eigenvalue weighted by atomic mass is 9.87. The second-order valence-corrected chi connectivity index (χ2v) is 8.89. The number of anilines is 1. The molecule has 0 spiro atoms. The Hall–Kier alpha value is -1.77. The monoisotopic (exact) mass is 416 g/mol. The molecule has 1 aromatic rings. The molecule has 5 nitrogen and oxygen atoms in total. The van der Waals surface area contributed by atoms with Crippen LogP contribution in [0.15, 0.2) is 24.3 Å². The Kier molecular flexibility index (Phi) is 7.08. The predicted octanol–water partition coefficient (Wildman–Crippen LogP) is 3.67. The van der Waals surface area contributed by atoms with E-state index in [1.165, 1.54) is 19.3 Å². The van der Waals surface area contributed by atoms with Gasteiger partial charge in [0.1, 0.15) is 0 Å². The summed E-state index contributed by atoms with van der Waals surface area (Å²) in [6, 6.07) is 11.6. The zero-order valence-corrected chi connectivity index (χ0v) is 18.4. The van der Waals surface area contributed by atoms with E-state index in [-0.39, 0.29) is 18.3 Å². The predicted molar refractivity (Wildman–Crippen MR) is 118 cm³/mol. The van der Waals surface area contributed by atoms with Gasteiger partial charge in [-0.3, -0.25) is 9.69 Å². The molecule has 1 aromatic carbocycles. The maximum Gasteiger partial charge on any atom is 0.225 e. The topological polar surface area (TPSA) is 50.6 Å². The number of piperidine rings is 1. The summed E-state index contributed by atoms with van der Waals surface area (Å²) in [7, 11) is 0. The van der Waals surface area contributed by atoms with Crippen LogP contribution in [0.4, 0.5) is 5.69 Å². The molecule has 2 heterocycles. The maximum absolute atomic E-state index is 13.2. The molecule has 2 saturated heterocycles. The van der Waals surface area contributed by atoms with Crippen LogP contribution in [0.2, 0.25) is 0 Å². The van der Waals surface area contributed by atoms with Gasteiger partial charge in [0.05, 0.1) is 11.6 Å². The number of carbonyl (C=O) groups excluding carboxylic acids is 1. The average molecular weight is 417 g/mol. The number of piperazine rings is 1. The smallest absolute Gasteiger partial charge is 0.225 e. The fourth-order valence-corrected chi connectivity index (χ4v) is 5.31. The summed E-state index contributed by atoms with van der Waals surface area (Å²) < 4.78 is 0. The van der Waals surface area contributed by atoms with Crippen molar-refractivity contribution < 1.29 is 4.79 Å². The van der Waals surface area contributed by atoms with Gasteiger partial charge in [0.25, 0.3) is 0 Å². The molecule has 1 aliphatic carbocycles. The van der Waals surface area contributed by atoms with E-state index in [4.69, 9.17) is 5.26 Å². The molecule has 1 amide bonds. The highest BCUT2D eigenvalue weighted by Gasteiger charge is 2.39. The van der Waals surface area contributed by atoms with Crippen LogP contribution in [0.3, 0.4) is 0 Å². The molecule has 2 atom stereocenters. The number of nitriles is 1. The maximum atomic E-state index is 13.2. The Labute approximate surface area is 181 Å². The highest BCUT2D eigenvalue weighted by Crippen LogP contribution is 2.32. The van der Waals surface area contributed by atoms with Crippen molar-refractivity contribution in [3.8, 4) is 6.07 Å². The number of benzene rings is 1. The summed E-state index contributed by atoms with van der Waals surface area (Å²) in [6.45, 7) is 8.18. The lowest BCUT2D eigenvalue weighted by Gasteiger charge is -2.51. The van der Waals surface area contributed by atoms with Crippen molar-refractivity contribution in [2.75, 3.05) is 31.1 Å². The van der Waals surface area contributed by atoms with Crippen molar-refractivity contribution in [1.29, 1.82) is 5.26 Å².